The van der Waals surface area contributed by atoms with Gasteiger partial charge in [0.05, 0.1) is 0 Å². The molecule has 2 aromatic rings. The molecule has 1 aliphatic carbocycles. The molecular weight excluding hydrogens is 397 g/mol. The Morgan fingerprint density at radius 2 is 1.24 bits per heavy atom. The van der Waals surface area contributed by atoms with E-state index < -0.39 is 35.0 Å². The Labute approximate surface area is 164 Å². The van der Waals surface area contributed by atoms with Crippen molar-refractivity contribution in [3.8, 4) is 0 Å². The summed E-state index contributed by atoms with van der Waals surface area (Å²) in [5.74, 6) is -3.88. The molecule has 0 radical (unpaired) electrons. The van der Waals surface area contributed by atoms with Crippen molar-refractivity contribution in [1.82, 2.24) is 0 Å². The summed E-state index contributed by atoms with van der Waals surface area (Å²) in [4.78, 5) is 0. The second-order valence-electron chi connectivity index (χ2n) is 7.46. The Kier molecular flexibility index (Phi) is 6.05. The third kappa shape index (κ3) is 5.00. The van der Waals surface area contributed by atoms with Crippen molar-refractivity contribution >= 4 is 6.08 Å². The SMILES string of the molecule is Cc1cc(F)c(C2CCC(c3cc(F)c(/C=C/C(F)(F)F)c(F)c3)CC2)c(F)c1. The van der Waals surface area contributed by atoms with Crippen LogP contribution in [-0.4, -0.2) is 6.18 Å². The van der Waals surface area contributed by atoms with E-state index in [1.807, 2.05) is 0 Å². The number of hydrogen-bond acceptors (Lipinski definition) is 0. The molecule has 156 valence electrons. The van der Waals surface area contributed by atoms with Gasteiger partial charge in [-0.2, -0.15) is 13.2 Å². The van der Waals surface area contributed by atoms with Crippen molar-refractivity contribution in [1.29, 1.82) is 0 Å². The van der Waals surface area contributed by atoms with Crippen LogP contribution in [0.25, 0.3) is 6.08 Å². The molecule has 3 rings (SSSR count). The first-order chi connectivity index (χ1) is 13.5. The minimum Gasteiger partial charge on any atom is -0.207 e. The minimum absolute atomic E-state index is 0.0408. The summed E-state index contributed by atoms with van der Waals surface area (Å²) < 4.78 is 93.5. The number of alkyl halides is 3. The Balaban J connectivity index is 1.76. The summed E-state index contributed by atoms with van der Waals surface area (Å²) in [6.45, 7) is 1.60. The first-order valence-electron chi connectivity index (χ1n) is 9.25. The van der Waals surface area contributed by atoms with Crippen LogP contribution in [0.4, 0.5) is 30.7 Å². The van der Waals surface area contributed by atoms with Crippen molar-refractivity contribution in [3.63, 3.8) is 0 Å². The highest BCUT2D eigenvalue weighted by Crippen LogP contribution is 2.42. The van der Waals surface area contributed by atoms with Crippen LogP contribution in [0.3, 0.4) is 0 Å². The van der Waals surface area contributed by atoms with Crippen LogP contribution in [0.1, 0.15) is 59.8 Å². The van der Waals surface area contributed by atoms with Crippen molar-refractivity contribution in [3.05, 3.63) is 75.9 Å². The standard InChI is InChI=1S/C22H19F7/c1-12-8-19(25)21(20(26)9-12)14-4-2-13(3-5-14)15-10-17(23)16(18(24)11-15)6-7-22(27,28)29/h6-11,13-14H,2-5H2,1H3/b7-6+. The fourth-order valence-corrected chi connectivity index (χ4v) is 3.99. The fraction of sp³-hybridized carbons (Fsp3) is 0.364. The summed E-state index contributed by atoms with van der Waals surface area (Å²) in [6.07, 6.45) is -2.70. The van der Waals surface area contributed by atoms with Crippen molar-refractivity contribution < 1.29 is 30.7 Å². The molecule has 0 N–H and O–H groups in total. The van der Waals surface area contributed by atoms with Gasteiger partial charge in [0.1, 0.15) is 23.3 Å². The van der Waals surface area contributed by atoms with Gasteiger partial charge in [0, 0.05) is 17.2 Å². The van der Waals surface area contributed by atoms with E-state index in [4.69, 9.17) is 0 Å². The number of hydrogen-bond donors (Lipinski definition) is 0. The number of halogens is 7. The van der Waals surface area contributed by atoms with Gasteiger partial charge in [-0.1, -0.05) is 0 Å². The van der Waals surface area contributed by atoms with Crippen LogP contribution in [0.15, 0.2) is 30.3 Å². The molecule has 0 spiro atoms. The molecule has 0 heterocycles. The monoisotopic (exact) mass is 416 g/mol. The fourth-order valence-electron chi connectivity index (χ4n) is 3.99. The predicted molar refractivity (Wildman–Crippen MR) is 96.5 cm³/mol. The molecule has 0 nitrogen and oxygen atoms in total. The number of aryl methyl sites for hydroxylation is 1. The lowest BCUT2D eigenvalue weighted by molar-refractivity contribution is -0.0790. The molecular formula is C22H19F7. The second-order valence-corrected chi connectivity index (χ2v) is 7.46. The second kappa shape index (κ2) is 8.20. The summed E-state index contributed by atoms with van der Waals surface area (Å²) in [7, 11) is 0. The zero-order valence-electron chi connectivity index (χ0n) is 15.6. The third-order valence-electron chi connectivity index (χ3n) is 5.37. The van der Waals surface area contributed by atoms with Gasteiger partial charge in [0.15, 0.2) is 0 Å². The molecule has 0 amide bonds. The summed E-state index contributed by atoms with van der Waals surface area (Å²) in [5.41, 5.74) is 0.123. The molecule has 1 saturated carbocycles. The maximum absolute atomic E-state index is 14.2. The van der Waals surface area contributed by atoms with Crippen LogP contribution in [0.5, 0.6) is 0 Å². The first kappa shape index (κ1) is 21.4. The Morgan fingerprint density at radius 3 is 1.72 bits per heavy atom. The third-order valence-corrected chi connectivity index (χ3v) is 5.37. The largest absolute Gasteiger partial charge is 0.409 e. The number of benzene rings is 2. The lowest BCUT2D eigenvalue weighted by Crippen LogP contribution is -2.15. The Hall–Kier alpha value is -2.31. The smallest absolute Gasteiger partial charge is 0.207 e. The predicted octanol–water partition coefficient (Wildman–Crippen LogP) is 7.57. The molecule has 1 fully saturated rings. The zero-order chi connectivity index (χ0) is 21.3. The molecule has 7 heteroatoms. The molecule has 0 bridgehead atoms. The van der Waals surface area contributed by atoms with Crippen molar-refractivity contribution in [2.24, 2.45) is 0 Å². The summed E-state index contributed by atoms with van der Waals surface area (Å²) in [5, 5.41) is 0. The van der Waals surface area contributed by atoms with E-state index in [0.717, 1.165) is 12.1 Å². The average molecular weight is 416 g/mol. The van der Waals surface area contributed by atoms with Gasteiger partial charge in [0.2, 0.25) is 0 Å². The molecule has 0 aromatic heterocycles. The van der Waals surface area contributed by atoms with E-state index in [1.54, 1.807) is 6.92 Å². The number of rotatable bonds is 3. The average Bonchev–Trinajstić information content (AvgIpc) is 2.59. The summed E-state index contributed by atoms with van der Waals surface area (Å²) in [6, 6.07) is 4.64. The van der Waals surface area contributed by atoms with Crippen LogP contribution in [0, 0.1) is 30.2 Å². The van der Waals surface area contributed by atoms with Gasteiger partial charge < -0.3 is 0 Å². The first-order valence-corrected chi connectivity index (χ1v) is 9.25. The van der Waals surface area contributed by atoms with E-state index in [9.17, 15) is 30.7 Å². The van der Waals surface area contributed by atoms with Crippen LogP contribution < -0.4 is 0 Å². The molecule has 2 aromatic carbocycles. The van der Waals surface area contributed by atoms with Gasteiger partial charge in [-0.05, 0) is 85.9 Å². The Morgan fingerprint density at radius 1 is 0.759 bits per heavy atom. The quantitative estimate of drug-likeness (QED) is 0.453. The van der Waals surface area contributed by atoms with Crippen molar-refractivity contribution in [2.75, 3.05) is 0 Å². The van der Waals surface area contributed by atoms with E-state index >= 15 is 0 Å². The molecule has 29 heavy (non-hydrogen) atoms. The maximum atomic E-state index is 14.2. The van der Waals surface area contributed by atoms with Crippen molar-refractivity contribution in [2.45, 2.75) is 50.6 Å². The molecule has 0 unspecified atom stereocenters. The van der Waals surface area contributed by atoms with Crippen LogP contribution >= 0.6 is 0 Å². The van der Waals surface area contributed by atoms with Crippen LogP contribution in [-0.2, 0) is 0 Å². The molecule has 0 saturated heterocycles. The van der Waals surface area contributed by atoms with Gasteiger partial charge >= 0.3 is 6.18 Å². The van der Waals surface area contributed by atoms with Gasteiger partial charge in [-0.15, -0.1) is 0 Å². The molecule has 1 aliphatic rings. The highest BCUT2D eigenvalue weighted by Gasteiger charge is 2.29. The maximum Gasteiger partial charge on any atom is 0.409 e. The lowest BCUT2D eigenvalue weighted by atomic mass is 9.75. The van der Waals surface area contributed by atoms with E-state index in [0.29, 0.717) is 42.9 Å². The highest BCUT2D eigenvalue weighted by molar-refractivity contribution is 5.52. The number of allylic oxidation sites excluding steroid dienone is 1. The van der Waals surface area contributed by atoms with E-state index in [1.165, 1.54) is 12.1 Å². The zero-order valence-corrected chi connectivity index (χ0v) is 15.6. The van der Waals surface area contributed by atoms with E-state index in [2.05, 4.69) is 0 Å². The topological polar surface area (TPSA) is 0 Å². The lowest BCUT2D eigenvalue weighted by Gasteiger charge is -2.29. The highest BCUT2D eigenvalue weighted by atomic mass is 19.4. The van der Waals surface area contributed by atoms with Gasteiger partial charge in [-0.3, -0.25) is 0 Å². The minimum atomic E-state index is -4.67. The Bertz CT molecular complexity index is 873. The van der Waals surface area contributed by atoms with Gasteiger partial charge in [-0.25, -0.2) is 17.6 Å². The van der Waals surface area contributed by atoms with Gasteiger partial charge in [0.25, 0.3) is 0 Å². The molecule has 0 atom stereocenters. The summed E-state index contributed by atoms with van der Waals surface area (Å²) >= 11 is 0. The molecule has 0 aliphatic heterocycles. The van der Waals surface area contributed by atoms with E-state index in [-0.39, 0.29) is 23.5 Å². The van der Waals surface area contributed by atoms with Crippen LogP contribution in [0.2, 0.25) is 0 Å². The normalized spacial score (nSPS) is 20.4.